The first-order chi connectivity index (χ1) is 11.7. The predicted molar refractivity (Wildman–Crippen MR) is 124 cm³/mol. The van der Waals surface area contributed by atoms with Crippen LogP contribution in [0.15, 0.2) is 24.3 Å². The molecule has 138 valence electrons. The highest BCUT2D eigenvalue weighted by molar-refractivity contribution is 9.10. The Hall–Kier alpha value is 1.14. The molecule has 0 nitrogen and oxygen atoms in total. The first-order valence-corrected chi connectivity index (χ1v) is 13.2. The van der Waals surface area contributed by atoms with E-state index in [1.165, 1.54) is 62.5 Å². The van der Waals surface area contributed by atoms with Crippen molar-refractivity contribution in [2.24, 2.45) is 0 Å². The first-order valence-electron chi connectivity index (χ1n) is 9.14. The zero-order valence-electron chi connectivity index (χ0n) is 14.5. The SMILES string of the molecule is BrCCCCCC(Br)Cc1ccccc1CC(Br)CCCCCBr. The van der Waals surface area contributed by atoms with Crippen LogP contribution >= 0.6 is 63.7 Å². The number of benzene rings is 1. The molecule has 0 bridgehead atoms. The normalized spacial score (nSPS) is 13.8. The van der Waals surface area contributed by atoms with Gasteiger partial charge in [-0.05, 0) is 49.7 Å². The summed E-state index contributed by atoms with van der Waals surface area (Å²) >= 11 is 14.8. The van der Waals surface area contributed by atoms with Crippen LogP contribution in [-0.2, 0) is 12.8 Å². The molecule has 1 aromatic carbocycles. The van der Waals surface area contributed by atoms with Gasteiger partial charge >= 0.3 is 0 Å². The van der Waals surface area contributed by atoms with E-state index in [4.69, 9.17) is 0 Å². The third kappa shape index (κ3) is 11.0. The molecule has 1 aromatic rings. The average Bonchev–Trinajstić information content (AvgIpc) is 2.57. The van der Waals surface area contributed by atoms with Crippen molar-refractivity contribution in [3.8, 4) is 0 Å². The predicted octanol–water partition coefficient (Wildman–Crippen LogP) is 8.21. The molecule has 2 unspecified atom stereocenters. The van der Waals surface area contributed by atoms with Crippen LogP contribution in [0, 0.1) is 0 Å². The summed E-state index contributed by atoms with van der Waals surface area (Å²) in [4.78, 5) is 1.20. The monoisotopic (exact) mass is 586 g/mol. The second-order valence-electron chi connectivity index (χ2n) is 6.45. The lowest BCUT2D eigenvalue weighted by Gasteiger charge is -2.16. The van der Waals surface area contributed by atoms with Gasteiger partial charge in [-0.1, -0.05) is 114 Å². The van der Waals surface area contributed by atoms with Crippen LogP contribution in [0.5, 0.6) is 0 Å². The molecular weight excluding hydrogens is 560 g/mol. The summed E-state index contributed by atoms with van der Waals surface area (Å²) in [5.74, 6) is 0. The van der Waals surface area contributed by atoms with E-state index in [1.807, 2.05) is 0 Å². The molecule has 0 aromatic heterocycles. The van der Waals surface area contributed by atoms with E-state index >= 15 is 0 Å². The number of alkyl halides is 4. The van der Waals surface area contributed by atoms with Gasteiger partial charge in [-0.25, -0.2) is 0 Å². The molecule has 0 aliphatic rings. The summed E-state index contributed by atoms with van der Waals surface area (Å²) in [5, 5.41) is 2.26. The van der Waals surface area contributed by atoms with Crippen molar-refractivity contribution in [2.75, 3.05) is 10.7 Å². The molecule has 0 saturated heterocycles. The fourth-order valence-electron chi connectivity index (χ4n) is 2.91. The number of unbranched alkanes of at least 4 members (excludes halogenated alkanes) is 4. The molecule has 0 aliphatic heterocycles. The van der Waals surface area contributed by atoms with Gasteiger partial charge in [0.15, 0.2) is 0 Å². The van der Waals surface area contributed by atoms with Crippen LogP contribution in [0.1, 0.15) is 62.5 Å². The summed E-state index contributed by atoms with van der Waals surface area (Å²) in [6.07, 6.45) is 12.7. The van der Waals surface area contributed by atoms with Crippen LogP contribution in [0.3, 0.4) is 0 Å². The summed E-state index contributed by atoms with van der Waals surface area (Å²) in [6, 6.07) is 8.99. The molecule has 1 rings (SSSR count). The number of rotatable bonds is 14. The summed E-state index contributed by atoms with van der Waals surface area (Å²) in [6.45, 7) is 0. The van der Waals surface area contributed by atoms with Gasteiger partial charge < -0.3 is 0 Å². The maximum Gasteiger partial charge on any atom is 0.0186 e. The largest absolute Gasteiger partial charge is 0.0928 e. The Morgan fingerprint density at radius 1 is 0.625 bits per heavy atom. The van der Waals surface area contributed by atoms with E-state index in [-0.39, 0.29) is 0 Å². The zero-order chi connectivity index (χ0) is 17.6. The van der Waals surface area contributed by atoms with E-state index in [1.54, 1.807) is 0 Å². The molecule has 0 heterocycles. The van der Waals surface area contributed by atoms with Crippen LogP contribution < -0.4 is 0 Å². The van der Waals surface area contributed by atoms with E-state index < -0.39 is 0 Å². The summed E-state index contributed by atoms with van der Waals surface area (Å²) in [7, 11) is 0. The topological polar surface area (TPSA) is 0 Å². The molecule has 0 fully saturated rings. The maximum atomic E-state index is 3.90. The Bertz CT molecular complexity index is 383. The van der Waals surface area contributed by atoms with Gasteiger partial charge in [-0.2, -0.15) is 0 Å². The Kier molecular flexibility index (Phi) is 14.7. The van der Waals surface area contributed by atoms with Gasteiger partial charge in [-0.15, -0.1) is 0 Å². The van der Waals surface area contributed by atoms with Gasteiger partial charge in [-0.3, -0.25) is 0 Å². The van der Waals surface area contributed by atoms with Gasteiger partial charge in [0.2, 0.25) is 0 Å². The third-order valence-electron chi connectivity index (χ3n) is 4.30. The Morgan fingerprint density at radius 3 is 1.42 bits per heavy atom. The minimum Gasteiger partial charge on any atom is -0.0928 e. The molecule has 24 heavy (non-hydrogen) atoms. The molecule has 2 atom stereocenters. The highest BCUT2D eigenvalue weighted by Crippen LogP contribution is 2.23. The van der Waals surface area contributed by atoms with Gasteiger partial charge in [0.05, 0.1) is 0 Å². The number of hydrogen-bond donors (Lipinski definition) is 0. The van der Waals surface area contributed by atoms with Crippen molar-refractivity contribution in [3.05, 3.63) is 35.4 Å². The second-order valence-corrected chi connectivity index (χ2v) is 10.6. The first kappa shape index (κ1) is 23.2. The zero-order valence-corrected chi connectivity index (χ0v) is 20.8. The molecule has 0 saturated carbocycles. The Balaban J connectivity index is 2.42. The van der Waals surface area contributed by atoms with Crippen molar-refractivity contribution in [2.45, 2.75) is 73.9 Å². The van der Waals surface area contributed by atoms with E-state index in [9.17, 15) is 0 Å². The summed E-state index contributed by atoms with van der Waals surface area (Å²) in [5.41, 5.74) is 3.04. The van der Waals surface area contributed by atoms with Gasteiger partial charge in [0, 0.05) is 20.3 Å². The van der Waals surface area contributed by atoms with Crippen molar-refractivity contribution in [1.82, 2.24) is 0 Å². The Morgan fingerprint density at radius 2 is 1.04 bits per heavy atom. The van der Waals surface area contributed by atoms with Crippen LogP contribution in [0.2, 0.25) is 0 Å². The fourth-order valence-corrected chi connectivity index (χ4v) is 5.05. The van der Waals surface area contributed by atoms with E-state index in [0.29, 0.717) is 9.65 Å². The lowest BCUT2D eigenvalue weighted by molar-refractivity contribution is 0.641. The lowest BCUT2D eigenvalue weighted by atomic mass is 9.96. The number of halogens is 4. The number of hydrogen-bond acceptors (Lipinski definition) is 0. The summed E-state index contributed by atoms with van der Waals surface area (Å²) < 4.78 is 0. The minimum atomic E-state index is 0.599. The van der Waals surface area contributed by atoms with Crippen LogP contribution in [-0.4, -0.2) is 20.3 Å². The van der Waals surface area contributed by atoms with Gasteiger partial charge in [0.25, 0.3) is 0 Å². The lowest BCUT2D eigenvalue weighted by Crippen LogP contribution is -2.09. The smallest absolute Gasteiger partial charge is 0.0186 e. The quantitative estimate of drug-likeness (QED) is 0.152. The highest BCUT2D eigenvalue weighted by Gasteiger charge is 2.12. The van der Waals surface area contributed by atoms with Crippen molar-refractivity contribution in [3.63, 3.8) is 0 Å². The second kappa shape index (κ2) is 15.2. The van der Waals surface area contributed by atoms with Crippen molar-refractivity contribution < 1.29 is 0 Å². The standard InChI is InChI=1S/C20H30Br4/c21-13-7-1-3-11-19(23)15-17-9-5-6-10-18(17)16-20(24)12-4-2-8-14-22/h5-6,9-10,19-20H,1-4,7-8,11-16H2. The molecule has 0 aliphatic carbocycles. The maximum absolute atomic E-state index is 3.90. The minimum absolute atomic E-state index is 0.599. The van der Waals surface area contributed by atoms with E-state index in [2.05, 4.69) is 88.0 Å². The molecule has 0 radical (unpaired) electrons. The van der Waals surface area contributed by atoms with Crippen LogP contribution in [0.4, 0.5) is 0 Å². The Labute approximate surface area is 182 Å². The highest BCUT2D eigenvalue weighted by atomic mass is 79.9. The molecule has 0 amide bonds. The van der Waals surface area contributed by atoms with Crippen LogP contribution in [0.25, 0.3) is 0 Å². The van der Waals surface area contributed by atoms with E-state index in [0.717, 1.165) is 23.5 Å². The molecular formula is C20H30Br4. The molecule has 0 spiro atoms. The molecule has 4 heteroatoms. The van der Waals surface area contributed by atoms with Crippen molar-refractivity contribution in [1.29, 1.82) is 0 Å². The third-order valence-corrected chi connectivity index (χ3v) is 6.99. The van der Waals surface area contributed by atoms with Crippen molar-refractivity contribution >= 4 is 63.7 Å². The fraction of sp³-hybridized carbons (Fsp3) is 0.700. The average molecular weight is 590 g/mol. The molecule has 0 N–H and O–H groups in total. The van der Waals surface area contributed by atoms with Gasteiger partial charge in [0.1, 0.15) is 0 Å².